The standard InChI is InChI=1S/C13H16N4O2S/c1-3-15-13-12(5-4-7-16-13)20(18,19)17-11-6-8-14-9-10(11)2/h4-9H,3H2,1-2H3,(H,14,17)(H,15,16). The number of aromatic nitrogens is 2. The molecule has 2 aromatic rings. The zero-order valence-electron chi connectivity index (χ0n) is 11.3. The van der Waals surface area contributed by atoms with Gasteiger partial charge in [0.25, 0.3) is 10.0 Å². The predicted molar refractivity (Wildman–Crippen MR) is 78.2 cm³/mol. The van der Waals surface area contributed by atoms with E-state index in [1.165, 1.54) is 6.07 Å². The van der Waals surface area contributed by atoms with Gasteiger partial charge in [-0.25, -0.2) is 13.4 Å². The van der Waals surface area contributed by atoms with Gasteiger partial charge in [0.1, 0.15) is 10.7 Å². The van der Waals surface area contributed by atoms with E-state index < -0.39 is 10.0 Å². The molecule has 2 aromatic heterocycles. The van der Waals surface area contributed by atoms with Crippen molar-refractivity contribution in [2.24, 2.45) is 0 Å². The smallest absolute Gasteiger partial charge is 0.265 e. The number of aryl methyl sites for hydroxylation is 1. The van der Waals surface area contributed by atoms with Crippen molar-refractivity contribution >= 4 is 21.5 Å². The highest BCUT2D eigenvalue weighted by Gasteiger charge is 2.19. The summed E-state index contributed by atoms with van der Waals surface area (Å²) in [5, 5.41) is 2.94. The van der Waals surface area contributed by atoms with Gasteiger partial charge in [0.2, 0.25) is 0 Å². The third-order valence-corrected chi connectivity index (χ3v) is 4.07. The first-order valence-corrected chi connectivity index (χ1v) is 7.65. The van der Waals surface area contributed by atoms with Crippen molar-refractivity contribution in [2.75, 3.05) is 16.6 Å². The molecule has 0 aliphatic heterocycles. The number of nitrogens with one attached hydrogen (secondary N) is 2. The normalized spacial score (nSPS) is 11.1. The van der Waals surface area contributed by atoms with E-state index in [2.05, 4.69) is 20.0 Å². The van der Waals surface area contributed by atoms with Crippen molar-refractivity contribution < 1.29 is 8.42 Å². The Hall–Kier alpha value is -2.15. The van der Waals surface area contributed by atoms with Gasteiger partial charge in [-0.3, -0.25) is 9.71 Å². The Labute approximate surface area is 118 Å². The predicted octanol–water partition coefficient (Wildman–Crippen LogP) is 2.02. The Morgan fingerprint density at radius 3 is 2.75 bits per heavy atom. The van der Waals surface area contributed by atoms with Crippen LogP contribution in [0.15, 0.2) is 41.7 Å². The van der Waals surface area contributed by atoms with Crippen LogP contribution in [0.1, 0.15) is 12.5 Å². The zero-order valence-corrected chi connectivity index (χ0v) is 12.1. The number of rotatable bonds is 5. The number of anilines is 2. The van der Waals surface area contributed by atoms with Crippen LogP contribution in [0.25, 0.3) is 0 Å². The molecule has 0 unspecified atom stereocenters. The molecule has 0 fully saturated rings. The molecule has 0 amide bonds. The van der Waals surface area contributed by atoms with Gasteiger partial charge in [-0.05, 0) is 37.6 Å². The van der Waals surface area contributed by atoms with Crippen LogP contribution in [-0.4, -0.2) is 24.9 Å². The van der Waals surface area contributed by atoms with E-state index in [9.17, 15) is 8.42 Å². The fourth-order valence-corrected chi connectivity index (χ4v) is 2.96. The lowest BCUT2D eigenvalue weighted by molar-refractivity contribution is 0.601. The third kappa shape index (κ3) is 3.05. The molecule has 0 aliphatic carbocycles. The van der Waals surface area contributed by atoms with Crippen molar-refractivity contribution in [3.63, 3.8) is 0 Å². The summed E-state index contributed by atoms with van der Waals surface area (Å²) in [7, 11) is -3.69. The van der Waals surface area contributed by atoms with Crippen molar-refractivity contribution in [3.05, 3.63) is 42.4 Å². The summed E-state index contributed by atoms with van der Waals surface area (Å²) in [6, 6.07) is 4.73. The molecule has 6 nitrogen and oxygen atoms in total. The van der Waals surface area contributed by atoms with Gasteiger partial charge in [-0.15, -0.1) is 0 Å². The Morgan fingerprint density at radius 1 is 1.25 bits per heavy atom. The number of sulfonamides is 1. The molecule has 0 radical (unpaired) electrons. The molecule has 106 valence electrons. The third-order valence-electron chi connectivity index (χ3n) is 2.67. The molecule has 2 heterocycles. The van der Waals surface area contributed by atoms with E-state index in [1.54, 1.807) is 37.6 Å². The molecular weight excluding hydrogens is 276 g/mol. The molecule has 2 rings (SSSR count). The molecular formula is C13H16N4O2S. The summed E-state index contributed by atoms with van der Waals surface area (Å²) >= 11 is 0. The Balaban J connectivity index is 2.39. The van der Waals surface area contributed by atoms with Gasteiger partial charge >= 0.3 is 0 Å². The van der Waals surface area contributed by atoms with Gasteiger partial charge < -0.3 is 5.32 Å². The monoisotopic (exact) mass is 292 g/mol. The largest absolute Gasteiger partial charge is 0.369 e. The van der Waals surface area contributed by atoms with Crippen LogP contribution >= 0.6 is 0 Å². The van der Waals surface area contributed by atoms with Gasteiger partial charge in [0, 0.05) is 25.1 Å². The lowest BCUT2D eigenvalue weighted by Gasteiger charge is -2.13. The lowest BCUT2D eigenvalue weighted by Crippen LogP contribution is -2.16. The molecule has 0 aromatic carbocycles. The van der Waals surface area contributed by atoms with Crippen molar-refractivity contribution in [3.8, 4) is 0 Å². The second-order valence-electron chi connectivity index (χ2n) is 4.18. The van der Waals surface area contributed by atoms with Gasteiger partial charge in [0.05, 0.1) is 5.69 Å². The van der Waals surface area contributed by atoms with Gasteiger partial charge in [-0.1, -0.05) is 0 Å². The quantitative estimate of drug-likeness (QED) is 0.880. The molecule has 0 spiro atoms. The van der Waals surface area contributed by atoms with E-state index in [-0.39, 0.29) is 4.90 Å². The average Bonchev–Trinajstić information content (AvgIpc) is 2.42. The van der Waals surface area contributed by atoms with Crippen LogP contribution in [0.3, 0.4) is 0 Å². The van der Waals surface area contributed by atoms with E-state index in [0.717, 1.165) is 5.56 Å². The number of nitrogens with zero attached hydrogens (tertiary/aromatic N) is 2. The zero-order chi connectivity index (χ0) is 14.6. The second-order valence-corrected chi connectivity index (χ2v) is 5.83. The van der Waals surface area contributed by atoms with Crippen molar-refractivity contribution in [1.82, 2.24) is 9.97 Å². The van der Waals surface area contributed by atoms with E-state index in [0.29, 0.717) is 18.1 Å². The topological polar surface area (TPSA) is 84.0 Å². The van der Waals surface area contributed by atoms with Crippen LogP contribution in [-0.2, 0) is 10.0 Å². The first-order chi connectivity index (χ1) is 9.54. The summed E-state index contributed by atoms with van der Waals surface area (Å²) < 4.78 is 27.4. The van der Waals surface area contributed by atoms with E-state index in [1.807, 2.05) is 6.92 Å². The highest BCUT2D eigenvalue weighted by atomic mass is 32.2. The van der Waals surface area contributed by atoms with Crippen LogP contribution < -0.4 is 10.0 Å². The van der Waals surface area contributed by atoms with Crippen LogP contribution in [0.5, 0.6) is 0 Å². The number of hydrogen-bond donors (Lipinski definition) is 2. The fourth-order valence-electron chi connectivity index (χ4n) is 1.70. The molecule has 2 N–H and O–H groups in total. The fraction of sp³-hybridized carbons (Fsp3) is 0.231. The van der Waals surface area contributed by atoms with E-state index >= 15 is 0 Å². The molecule has 0 bridgehead atoms. The molecule has 0 atom stereocenters. The summed E-state index contributed by atoms with van der Waals surface area (Å²) in [5.41, 5.74) is 1.26. The SMILES string of the molecule is CCNc1ncccc1S(=O)(=O)Nc1ccncc1C. The average molecular weight is 292 g/mol. The Kier molecular flexibility index (Phi) is 4.19. The van der Waals surface area contributed by atoms with Gasteiger partial charge in [-0.2, -0.15) is 0 Å². The minimum Gasteiger partial charge on any atom is -0.369 e. The Morgan fingerprint density at radius 2 is 2.05 bits per heavy atom. The van der Waals surface area contributed by atoms with Crippen LogP contribution in [0.2, 0.25) is 0 Å². The summed E-state index contributed by atoms with van der Waals surface area (Å²) in [6.45, 7) is 4.26. The second kappa shape index (κ2) is 5.87. The minimum absolute atomic E-state index is 0.123. The summed E-state index contributed by atoms with van der Waals surface area (Å²) in [5.74, 6) is 0.342. The molecule has 0 aliphatic rings. The number of pyridine rings is 2. The maximum Gasteiger partial charge on any atom is 0.265 e. The molecule has 0 saturated heterocycles. The van der Waals surface area contributed by atoms with Crippen LogP contribution in [0, 0.1) is 6.92 Å². The van der Waals surface area contributed by atoms with E-state index in [4.69, 9.17) is 0 Å². The first-order valence-electron chi connectivity index (χ1n) is 6.17. The molecule has 0 saturated carbocycles. The maximum absolute atomic E-state index is 12.4. The maximum atomic E-state index is 12.4. The number of hydrogen-bond acceptors (Lipinski definition) is 5. The lowest BCUT2D eigenvalue weighted by atomic mass is 10.3. The molecule has 20 heavy (non-hydrogen) atoms. The Bertz CT molecular complexity index is 701. The van der Waals surface area contributed by atoms with Crippen LogP contribution in [0.4, 0.5) is 11.5 Å². The highest BCUT2D eigenvalue weighted by molar-refractivity contribution is 7.92. The minimum atomic E-state index is -3.69. The summed E-state index contributed by atoms with van der Waals surface area (Å²) in [6.07, 6.45) is 4.69. The highest BCUT2D eigenvalue weighted by Crippen LogP contribution is 2.22. The van der Waals surface area contributed by atoms with Gasteiger partial charge in [0.15, 0.2) is 0 Å². The van der Waals surface area contributed by atoms with Crippen molar-refractivity contribution in [1.29, 1.82) is 0 Å². The summed E-state index contributed by atoms with van der Waals surface area (Å²) in [4.78, 5) is 8.11. The molecule has 7 heteroatoms. The first kappa shape index (κ1) is 14.3. The van der Waals surface area contributed by atoms with Crippen molar-refractivity contribution in [2.45, 2.75) is 18.7 Å².